The van der Waals surface area contributed by atoms with Crippen molar-refractivity contribution in [2.45, 2.75) is 32.1 Å². The summed E-state index contributed by atoms with van der Waals surface area (Å²) in [5.41, 5.74) is 0. The van der Waals surface area contributed by atoms with Crippen molar-refractivity contribution in [3.8, 4) is 0 Å². The van der Waals surface area contributed by atoms with Crippen LogP contribution in [-0.2, 0) is 4.79 Å². The van der Waals surface area contributed by atoms with E-state index in [1.54, 1.807) is 7.05 Å². The third-order valence-corrected chi connectivity index (χ3v) is 3.26. The van der Waals surface area contributed by atoms with Crippen molar-refractivity contribution in [3.63, 3.8) is 0 Å². The summed E-state index contributed by atoms with van der Waals surface area (Å²) in [5, 5.41) is 11.3. The number of hydrogen-bond donors (Lipinski definition) is 2. The summed E-state index contributed by atoms with van der Waals surface area (Å²) < 4.78 is 0. The first-order chi connectivity index (χ1) is 8.57. The molecule has 0 rings (SSSR count). The fourth-order valence-electron chi connectivity index (χ4n) is 1.42. The Morgan fingerprint density at radius 1 is 1.22 bits per heavy atom. The predicted octanol–water partition coefficient (Wildman–Crippen LogP) is 2.03. The number of carboxylic acids is 1. The van der Waals surface area contributed by atoms with E-state index in [9.17, 15) is 9.59 Å². The summed E-state index contributed by atoms with van der Waals surface area (Å²) in [6, 6.07) is -0.194. The second-order valence-electron chi connectivity index (χ2n) is 4.20. The minimum Gasteiger partial charge on any atom is -0.481 e. The Balaban J connectivity index is 3.43. The van der Waals surface area contributed by atoms with E-state index in [0.29, 0.717) is 6.54 Å². The molecule has 0 aromatic heterocycles. The molecule has 0 aromatic carbocycles. The van der Waals surface area contributed by atoms with Crippen molar-refractivity contribution in [1.82, 2.24) is 10.2 Å². The molecule has 0 aliphatic heterocycles. The molecule has 0 heterocycles. The van der Waals surface area contributed by atoms with Gasteiger partial charge in [-0.15, -0.1) is 0 Å². The number of hydrogen-bond acceptors (Lipinski definition) is 3. The first-order valence-electron chi connectivity index (χ1n) is 6.27. The highest BCUT2D eigenvalue weighted by Crippen LogP contribution is 2.03. The minimum atomic E-state index is -0.886. The van der Waals surface area contributed by atoms with Crippen LogP contribution in [0.1, 0.15) is 32.1 Å². The van der Waals surface area contributed by atoms with Gasteiger partial charge in [-0.05, 0) is 24.9 Å². The van der Waals surface area contributed by atoms with Gasteiger partial charge < -0.3 is 15.3 Å². The number of carboxylic acid groups (broad SMARTS) is 1. The van der Waals surface area contributed by atoms with Crippen LogP contribution in [-0.4, -0.2) is 54.2 Å². The molecule has 0 saturated heterocycles. The van der Waals surface area contributed by atoms with Crippen LogP contribution < -0.4 is 5.32 Å². The second kappa shape index (κ2) is 11.2. The molecule has 0 spiro atoms. The highest BCUT2D eigenvalue weighted by Gasteiger charge is 2.08. The molecule has 0 fully saturated rings. The zero-order chi connectivity index (χ0) is 13.8. The fourth-order valence-corrected chi connectivity index (χ4v) is 1.91. The van der Waals surface area contributed by atoms with Gasteiger partial charge in [0.2, 0.25) is 0 Å². The van der Waals surface area contributed by atoms with Crippen molar-refractivity contribution >= 4 is 23.8 Å². The predicted molar refractivity (Wildman–Crippen MR) is 75.1 cm³/mol. The Kier molecular flexibility index (Phi) is 10.6. The maximum absolute atomic E-state index is 11.5. The van der Waals surface area contributed by atoms with Crippen molar-refractivity contribution in [3.05, 3.63) is 0 Å². The Bertz CT molecular complexity index is 249. The lowest BCUT2D eigenvalue weighted by atomic mass is 10.2. The highest BCUT2D eigenvalue weighted by atomic mass is 32.2. The van der Waals surface area contributed by atoms with E-state index in [-0.39, 0.29) is 19.0 Å². The summed E-state index contributed by atoms with van der Waals surface area (Å²) in [6.45, 7) is 0.907. The quantitative estimate of drug-likeness (QED) is 0.599. The molecule has 0 aliphatic carbocycles. The third-order valence-electron chi connectivity index (χ3n) is 2.56. The normalized spacial score (nSPS) is 10.1. The van der Waals surface area contributed by atoms with E-state index in [4.69, 9.17) is 5.11 Å². The van der Waals surface area contributed by atoms with Crippen LogP contribution in [0.3, 0.4) is 0 Å². The summed E-state index contributed by atoms with van der Waals surface area (Å²) in [6.07, 6.45) is 6.62. The number of thioether (sulfide) groups is 1. The number of carbonyl (C=O) groups excluding carboxylic acids is 1. The first kappa shape index (κ1) is 17.1. The molecule has 0 saturated carbocycles. The van der Waals surface area contributed by atoms with Crippen LogP contribution in [0.15, 0.2) is 0 Å². The van der Waals surface area contributed by atoms with Crippen LogP contribution in [0, 0.1) is 0 Å². The van der Waals surface area contributed by atoms with Crippen molar-refractivity contribution in [2.75, 3.05) is 32.1 Å². The van der Waals surface area contributed by atoms with E-state index in [1.165, 1.54) is 23.5 Å². The second-order valence-corrected chi connectivity index (χ2v) is 5.19. The van der Waals surface area contributed by atoms with Gasteiger partial charge in [0.25, 0.3) is 0 Å². The van der Waals surface area contributed by atoms with Gasteiger partial charge in [0.1, 0.15) is 0 Å². The molecule has 5 nitrogen and oxygen atoms in total. The molecule has 2 N–H and O–H groups in total. The number of unbranched alkanes of at least 4 members (excludes halogenated alkanes) is 3. The standard InChI is InChI=1S/C12H24N2O3S/c1-14(9-7-11(15)16)12(17)13-8-5-3-4-6-10-18-2/h3-10H2,1-2H3,(H,13,17)(H,15,16). The van der Waals surface area contributed by atoms with Gasteiger partial charge in [-0.2, -0.15) is 11.8 Å². The average molecular weight is 276 g/mol. The molecule has 0 atom stereocenters. The molecule has 0 aromatic rings. The van der Waals surface area contributed by atoms with Gasteiger partial charge in [0.05, 0.1) is 6.42 Å². The molecule has 18 heavy (non-hydrogen) atoms. The number of nitrogens with zero attached hydrogens (tertiary/aromatic N) is 1. The Hall–Kier alpha value is -0.910. The van der Waals surface area contributed by atoms with Crippen LogP contribution in [0.5, 0.6) is 0 Å². The molecule has 0 unspecified atom stereocenters. The lowest BCUT2D eigenvalue weighted by Gasteiger charge is -2.16. The summed E-state index contributed by atoms with van der Waals surface area (Å²) >= 11 is 1.86. The molecular formula is C12H24N2O3S. The summed E-state index contributed by atoms with van der Waals surface area (Å²) in [4.78, 5) is 23.3. The topological polar surface area (TPSA) is 69.6 Å². The number of rotatable bonds is 10. The molecular weight excluding hydrogens is 252 g/mol. The third kappa shape index (κ3) is 10.3. The fraction of sp³-hybridized carbons (Fsp3) is 0.833. The largest absolute Gasteiger partial charge is 0.481 e. The highest BCUT2D eigenvalue weighted by molar-refractivity contribution is 7.98. The van der Waals surface area contributed by atoms with Crippen LogP contribution in [0.2, 0.25) is 0 Å². The zero-order valence-corrected chi connectivity index (χ0v) is 12.1. The molecule has 6 heteroatoms. The Morgan fingerprint density at radius 2 is 1.89 bits per heavy atom. The zero-order valence-electron chi connectivity index (χ0n) is 11.3. The lowest BCUT2D eigenvalue weighted by Crippen LogP contribution is -2.38. The smallest absolute Gasteiger partial charge is 0.317 e. The maximum atomic E-state index is 11.5. The summed E-state index contributed by atoms with van der Waals surface area (Å²) in [5.74, 6) is 0.313. The Labute approximate surface area is 113 Å². The maximum Gasteiger partial charge on any atom is 0.317 e. The first-order valence-corrected chi connectivity index (χ1v) is 7.67. The van der Waals surface area contributed by atoms with Gasteiger partial charge in [-0.1, -0.05) is 12.8 Å². The number of nitrogens with one attached hydrogen (secondary N) is 1. The van der Waals surface area contributed by atoms with Crippen molar-refractivity contribution in [2.24, 2.45) is 0 Å². The molecule has 0 bridgehead atoms. The number of carbonyl (C=O) groups is 2. The van der Waals surface area contributed by atoms with Gasteiger partial charge in [-0.3, -0.25) is 4.79 Å². The summed E-state index contributed by atoms with van der Waals surface area (Å²) in [7, 11) is 1.61. The number of urea groups is 1. The van der Waals surface area contributed by atoms with E-state index in [2.05, 4.69) is 11.6 Å². The lowest BCUT2D eigenvalue weighted by molar-refractivity contribution is -0.137. The van der Waals surface area contributed by atoms with Gasteiger partial charge >= 0.3 is 12.0 Å². The average Bonchev–Trinajstić information content (AvgIpc) is 2.34. The van der Waals surface area contributed by atoms with E-state index < -0.39 is 5.97 Å². The number of amides is 2. The minimum absolute atomic E-state index is 0.0153. The van der Waals surface area contributed by atoms with Gasteiger partial charge in [-0.25, -0.2) is 4.79 Å². The van der Waals surface area contributed by atoms with E-state index >= 15 is 0 Å². The van der Waals surface area contributed by atoms with Crippen LogP contribution >= 0.6 is 11.8 Å². The van der Waals surface area contributed by atoms with Crippen LogP contribution in [0.4, 0.5) is 4.79 Å². The SMILES string of the molecule is CSCCCCCCNC(=O)N(C)CCC(=O)O. The number of aliphatic carboxylic acids is 1. The molecule has 106 valence electrons. The molecule has 2 amide bonds. The Morgan fingerprint density at radius 3 is 2.50 bits per heavy atom. The monoisotopic (exact) mass is 276 g/mol. The van der Waals surface area contributed by atoms with Crippen LogP contribution in [0.25, 0.3) is 0 Å². The van der Waals surface area contributed by atoms with E-state index in [0.717, 1.165) is 12.8 Å². The van der Waals surface area contributed by atoms with Crippen molar-refractivity contribution in [1.29, 1.82) is 0 Å². The van der Waals surface area contributed by atoms with Gasteiger partial charge in [0, 0.05) is 20.1 Å². The molecule has 0 radical (unpaired) electrons. The van der Waals surface area contributed by atoms with Crippen molar-refractivity contribution < 1.29 is 14.7 Å². The molecule has 0 aliphatic rings. The van der Waals surface area contributed by atoms with E-state index in [1.807, 2.05) is 11.8 Å². The van der Waals surface area contributed by atoms with Gasteiger partial charge in [0.15, 0.2) is 0 Å².